The van der Waals surface area contributed by atoms with Crippen molar-refractivity contribution < 1.29 is 24.8 Å². The Morgan fingerprint density at radius 1 is 1.20 bits per heavy atom. The first-order valence-corrected chi connectivity index (χ1v) is 3.78. The van der Waals surface area contributed by atoms with Crippen LogP contribution in [-0.4, -0.2) is 0 Å². The van der Waals surface area contributed by atoms with E-state index in [2.05, 4.69) is 0 Å². The third kappa shape index (κ3) is 118. The first-order valence-electron chi connectivity index (χ1n) is 1.53. The fraction of sp³-hybridized carbons (Fsp3) is 1.00. The zero-order chi connectivity index (χ0) is 4.71. The zero-order valence-corrected chi connectivity index (χ0v) is 6.43. The van der Waals surface area contributed by atoms with Crippen LogP contribution in [0.2, 0.25) is 0 Å². The first-order chi connectivity index (χ1) is 2.41. The average molecular weight is 133 g/mol. The van der Waals surface area contributed by atoms with Gasteiger partial charge in [0, 0.05) is 0 Å². The predicted octanol–water partition coefficient (Wildman–Crippen LogP) is 1.86. The molecule has 0 aromatic heterocycles. The maximum atomic E-state index is 9.81. The quantitative estimate of drug-likeness (QED) is 0.443. The van der Waals surface area contributed by atoms with Crippen molar-refractivity contribution in [2.75, 3.05) is 0 Å². The molecule has 0 unspecified atom stereocenters. The molecular weight excluding hydrogens is 127 g/mol. The fourth-order valence-electron chi connectivity index (χ4n) is 0. The van der Waals surface area contributed by atoms with Gasteiger partial charge in [-0.05, 0) is 0 Å². The Hall–Kier alpha value is 0.483. The Bertz CT molecular complexity index is 7.61. The molecule has 0 saturated carbocycles. The molecule has 0 nitrogen and oxygen atoms in total. The summed E-state index contributed by atoms with van der Waals surface area (Å²) in [7, 11) is 0. The van der Waals surface area contributed by atoms with Crippen LogP contribution in [0.3, 0.4) is 0 Å². The second kappa shape index (κ2) is 24.7. The van der Waals surface area contributed by atoms with E-state index in [0.717, 1.165) is 0 Å². The van der Waals surface area contributed by atoms with Crippen molar-refractivity contribution in [1.82, 2.24) is 0 Å². The number of hydrogen-bond donors (Lipinski definition) is 0. The van der Waals surface area contributed by atoms with E-state index in [-0.39, 0.29) is 0 Å². The number of hydrogen-bond acceptors (Lipinski definition) is 0. The molecule has 0 aliphatic carbocycles. The van der Waals surface area contributed by atoms with Crippen molar-refractivity contribution in [2.24, 2.45) is 0 Å². The molecule has 0 saturated heterocycles. The van der Waals surface area contributed by atoms with Crippen molar-refractivity contribution in [3.63, 3.8) is 0 Å². The summed E-state index contributed by atoms with van der Waals surface area (Å²) < 4.78 is 19.6. The van der Waals surface area contributed by atoms with Crippen LogP contribution in [0.25, 0.3) is 0 Å². The number of halogens is 2. The molecule has 0 atom stereocenters. The normalized spacial score (nSPS) is 3.20. The maximum absolute atomic E-state index is 9.81. The van der Waals surface area contributed by atoms with E-state index < -0.39 is 18.1 Å². The van der Waals surface area contributed by atoms with Gasteiger partial charge in [0.2, 0.25) is 0 Å². The Labute approximate surface area is 39.3 Å². The minimum absolute atomic E-state index is 2.00. The Balaban J connectivity index is 0. The molecule has 30 valence electrons. The van der Waals surface area contributed by atoms with Crippen LogP contribution in [0, 0.1) is 0 Å². The minimum atomic E-state index is -2.88. The third-order valence-electron chi connectivity index (χ3n) is 0. The molecular formula is C2H6F2Zn. The molecule has 0 aliphatic heterocycles. The van der Waals surface area contributed by atoms with Crippen molar-refractivity contribution in [1.29, 1.82) is 0 Å². The molecule has 0 aliphatic rings. The standard InChI is InChI=1S/C2H6.2FH.Zn/c1-2;;;/h1-2H3;2*1H;/q;;;+2/p-2. The summed E-state index contributed by atoms with van der Waals surface area (Å²) in [6, 6.07) is 0. The van der Waals surface area contributed by atoms with E-state index in [0.29, 0.717) is 0 Å². The second-order valence-corrected chi connectivity index (χ2v) is 0.525. The predicted molar refractivity (Wildman–Crippen MR) is 13.6 cm³/mol. The van der Waals surface area contributed by atoms with Gasteiger partial charge in [-0.25, -0.2) is 0 Å². The fourth-order valence-corrected chi connectivity index (χ4v) is 0. The molecule has 0 radical (unpaired) electrons. The molecule has 3 heteroatoms. The number of rotatable bonds is 0. The van der Waals surface area contributed by atoms with Gasteiger partial charge in [-0.1, -0.05) is 13.8 Å². The molecule has 0 N–H and O–H groups in total. The summed E-state index contributed by atoms with van der Waals surface area (Å²) in [6.07, 6.45) is 0. The van der Waals surface area contributed by atoms with Crippen LogP contribution >= 0.6 is 0 Å². The second-order valence-electron chi connectivity index (χ2n) is 0.101. The summed E-state index contributed by atoms with van der Waals surface area (Å²) in [6.45, 7) is 4.00. The van der Waals surface area contributed by atoms with Crippen molar-refractivity contribution >= 4 is 0 Å². The van der Waals surface area contributed by atoms with Gasteiger partial charge in [0.15, 0.2) is 0 Å². The van der Waals surface area contributed by atoms with Crippen molar-refractivity contribution in [3.05, 3.63) is 0 Å². The van der Waals surface area contributed by atoms with E-state index in [4.69, 9.17) is 0 Å². The third-order valence-corrected chi connectivity index (χ3v) is 0. The summed E-state index contributed by atoms with van der Waals surface area (Å²) in [5.74, 6) is 0. The Kier molecular flexibility index (Phi) is 44.9. The van der Waals surface area contributed by atoms with E-state index in [9.17, 15) is 6.63 Å². The van der Waals surface area contributed by atoms with E-state index in [1.807, 2.05) is 13.8 Å². The van der Waals surface area contributed by atoms with Gasteiger partial charge in [0.1, 0.15) is 0 Å². The monoisotopic (exact) mass is 132 g/mol. The van der Waals surface area contributed by atoms with Crippen LogP contribution in [0.15, 0.2) is 0 Å². The van der Waals surface area contributed by atoms with Gasteiger partial charge in [-0.15, -0.1) is 0 Å². The average Bonchev–Trinajstić information content (AvgIpc) is 1.46. The van der Waals surface area contributed by atoms with E-state index in [1.54, 1.807) is 0 Å². The van der Waals surface area contributed by atoms with Crippen LogP contribution in [0.4, 0.5) is 6.63 Å². The van der Waals surface area contributed by atoms with Crippen LogP contribution in [0.1, 0.15) is 13.8 Å². The van der Waals surface area contributed by atoms with Crippen LogP contribution in [-0.2, 0) is 18.1 Å². The molecule has 0 aromatic carbocycles. The molecule has 0 amide bonds. The van der Waals surface area contributed by atoms with Crippen LogP contribution < -0.4 is 0 Å². The Morgan fingerprint density at radius 2 is 1.20 bits per heavy atom. The molecule has 0 aromatic rings. The van der Waals surface area contributed by atoms with Gasteiger partial charge in [0.25, 0.3) is 0 Å². The molecule has 0 spiro atoms. The first kappa shape index (κ1) is 9.08. The summed E-state index contributed by atoms with van der Waals surface area (Å²) in [4.78, 5) is 0. The molecule has 0 fully saturated rings. The molecule has 0 heterocycles. The summed E-state index contributed by atoms with van der Waals surface area (Å²) in [5, 5.41) is 0. The summed E-state index contributed by atoms with van der Waals surface area (Å²) >= 11 is -2.88. The van der Waals surface area contributed by atoms with Gasteiger partial charge >= 0.3 is 24.8 Å². The van der Waals surface area contributed by atoms with E-state index in [1.165, 1.54) is 0 Å². The van der Waals surface area contributed by atoms with Crippen molar-refractivity contribution in [2.45, 2.75) is 13.8 Å². The van der Waals surface area contributed by atoms with E-state index >= 15 is 0 Å². The topological polar surface area (TPSA) is 0 Å². The summed E-state index contributed by atoms with van der Waals surface area (Å²) in [5.41, 5.74) is 0. The molecule has 5 heavy (non-hydrogen) atoms. The Morgan fingerprint density at radius 3 is 1.20 bits per heavy atom. The van der Waals surface area contributed by atoms with Crippen molar-refractivity contribution in [3.8, 4) is 0 Å². The van der Waals surface area contributed by atoms with Crippen LogP contribution in [0.5, 0.6) is 0 Å². The van der Waals surface area contributed by atoms with Gasteiger partial charge in [-0.2, -0.15) is 0 Å². The zero-order valence-electron chi connectivity index (χ0n) is 3.46. The van der Waals surface area contributed by atoms with Gasteiger partial charge in [-0.3, -0.25) is 0 Å². The van der Waals surface area contributed by atoms with Gasteiger partial charge in [0.05, 0.1) is 0 Å². The SMILES string of the molecule is CC.[F][Zn][F]. The van der Waals surface area contributed by atoms with Gasteiger partial charge < -0.3 is 0 Å². The molecule has 0 bridgehead atoms. The molecule has 0 rings (SSSR count).